The maximum absolute atomic E-state index is 13.6. The second-order valence-electron chi connectivity index (χ2n) is 6.21. The van der Waals surface area contributed by atoms with Crippen molar-refractivity contribution in [1.29, 1.82) is 5.26 Å². The molecule has 1 heterocycles. The number of rotatable bonds is 4. The maximum atomic E-state index is 13.6. The van der Waals surface area contributed by atoms with Crippen LogP contribution in [0.4, 0.5) is 14.9 Å². The minimum Gasteiger partial charge on any atom is -0.368 e. The number of carbonyl (C=O) groups is 1. The first-order valence-electron chi connectivity index (χ1n) is 8.68. The standard InChI is InChI=1S/C20H21FN4O/c21-19-7-2-1-5-17(19)8-9-23-20(26)25-12-10-24(11-13-25)18-6-3-4-16(14-18)15-22/h1-7,14H,8-13H2,(H,23,26). The molecular weight excluding hydrogens is 331 g/mol. The highest BCUT2D eigenvalue weighted by Gasteiger charge is 2.21. The summed E-state index contributed by atoms with van der Waals surface area (Å²) >= 11 is 0. The molecule has 1 saturated heterocycles. The third-order valence-corrected chi connectivity index (χ3v) is 4.54. The zero-order valence-electron chi connectivity index (χ0n) is 14.5. The van der Waals surface area contributed by atoms with Gasteiger partial charge in [0, 0.05) is 38.4 Å². The van der Waals surface area contributed by atoms with E-state index in [1.807, 2.05) is 18.2 Å². The minimum absolute atomic E-state index is 0.119. The molecule has 1 aliphatic rings. The van der Waals surface area contributed by atoms with Crippen LogP contribution in [0.3, 0.4) is 0 Å². The van der Waals surface area contributed by atoms with Gasteiger partial charge in [0.05, 0.1) is 11.6 Å². The summed E-state index contributed by atoms with van der Waals surface area (Å²) in [5, 5.41) is 11.9. The van der Waals surface area contributed by atoms with E-state index in [0.29, 0.717) is 37.2 Å². The first kappa shape index (κ1) is 17.7. The number of urea groups is 1. The number of nitriles is 1. The van der Waals surface area contributed by atoms with Crippen molar-refractivity contribution < 1.29 is 9.18 Å². The lowest BCUT2D eigenvalue weighted by Gasteiger charge is -2.36. The highest BCUT2D eigenvalue weighted by atomic mass is 19.1. The second-order valence-corrected chi connectivity index (χ2v) is 6.21. The number of anilines is 1. The fourth-order valence-electron chi connectivity index (χ4n) is 3.06. The van der Waals surface area contributed by atoms with Gasteiger partial charge in [-0.3, -0.25) is 0 Å². The first-order chi connectivity index (χ1) is 12.7. The van der Waals surface area contributed by atoms with Gasteiger partial charge < -0.3 is 15.1 Å². The number of piperazine rings is 1. The lowest BCUT2D eigenvalue weighted by molar-refractivity contribution is 0.194. The zero-order valence-corrected chi connectivity index (χ0v) is 14.5. The molecular formula is C20H21FN4O. The summed E-state index contributed by atoms with van der Waals surface area (Å²) in [5.41, 5.74) is 2.24. The number of hydrogen-bond acceptors (Lipinski definition) is 3. The topological polar surface area (TPSA) is 59.4 Å². The Morgan fingerprint density at radius 2 is 1.88 bits per heavy atom. The van der Waals surface area contributed by atoms with Crippen molar-refractivity contribution in [2.75, 3.05) is 37.6 Å². The van der Waals surface area contributed by atoms with E-state index in [1.165, 1.54) is 6.07 Å². The van der Waals surface area contributed by atoms with E-state index < -0.39 is 0 Å². The molecule has 26 heavy (non-hydrogen) atoms. The van der Waals surface area contributed by atoms with Crippen LogP contribution in [-0.2, 0) is 6.42 Å². The van der Waals surface area contributed by atoms with Crippen LogP contribution < -0.4 is 10.2 Å². The lowest BCUT2D eigenvalue weighted by atomic mass is 10.1. The summed E-state index contributed by atoms with van der Waals surface area (Å²) in [5.74, 6) is -0.241. The van der Waals surface area contributed by atoms with Crippen molar-refractivity contribution in [3.05, 3.63) is 65.5 Å². The van der Waals surface area contributed by atoms with Gasteiger partial charge in [-0.15, -0.1) is 0 Å². The quantitative estimate of drug-likeness (QED) is 0.920. The van der Waals surface area contributed by atoms with Gasteiger partial charge in [-0.05, 0) is 36.2 Å². The third-order valence-electron chi connectivity index (χ3n) is 4.54. The van der Waals surface area contributed by atoms with Crippen LogP contribution in [0.2, 0.25) is 0 Å². The van der Waals surface area contributed by atoms with E-state index in [1.54, 1.807) is 29.2 Å². The molecule has 0 bridgehead atoms. The van der Waals surface area contributed by atoms with Crippen molar-refractivity contribution in [2.24, 2.45) is 0 Å². The van der Waals surface area contributed by atoms with Crippen molar-refractivity contribution in [3.8, 4) is 6.07 Å². The fourth-order valence-corrected chi connectivity index (χ4v) is 3.06. The Labute approximate surface area is 152 Å². The van der Waals surface area contributed by atoms with E-state index >= 15 is 0 Å². The lowest BCUT2D eigenvalue weighted by Crippen LogP contribution is -2.52. The van der Waals surface area contributed by atoms with Gasteiger partial charge in [0.2, 0.25) is 0 Å². The number of nitrogens with zero attached hydrogens (tertiary/aromatic N) is 3. The fraction of sp³-hybridized carbons (Fsp3) is 0.300. The number of carbonyl (C=O) groups excluding carboxylic acids is 1. The summed E-state index contributed by atoms with van der Waals surface area (Å²) in [7, 11) is 0. The van der Waals surface area contributed by atoms with Gasteiger partial charge in [-0.2, -0.15) is 5.26 Å². The summed E-state index contributed by atoms with van der Waals surface area (Å²) in [6.45, 7) is 3.07. The third kappa shape index (κ3) is 4.31. The van der Waals surface area contributed by atoms with Gasteiger partial charge in [-0.25, -0.2) is 9.18 Å². The molecule has 134 valence electrons. The zero-order chi connectivity index (χ0) is 18.4. The average molecular weight is 352 g/mol. The second kappa shape index (κ2) is 8.34. The van der Waals surface area contributed by atoms with Crippen LogP contribution in [0, 0.1) is 17.1 Å². The van der Waals surface area contributed by atoms with Crippen LogP contribution in [0.5, 0.6) is 0 Å². The molecule has 2 amide bonds. The highest BCUT2D eigenvalue weighted by Crippen LogP contribution is 2.18. The molecule has 5 nitrogen and oxygen atoms in total. The Kier molecular flexibility index (Phi) is 5.69. The monoisotopic (exact) mass is 352 g/mol. The maximum Gasteiger partial charge on any atom is 0.317 e. The molecule has 0 aliphatic carbocycles. The molecule has 0 spiro atoms. The van der Waals surface area contributed by atoms with Crippen LogP contribution in [-0.4, -0.2) is 43.7 Å². The van der Waals surface area contributed by atoms with Gasteiger partial charge in [0.1, 0.15) is 5.82 Å². The molecule has 2 aromatic carbocycles. The molecule has 1 aliphatic heterocycles. The van der Waals surface area contributed by atoms with E-state index in [4.69, 9.17) is 5.26 Å². The Bertz CT molecular complexity index is 809. The minimum atomic E-state index is -0.241. The molecule has 1 N–H and O–H groups in total. The molecule has 0 aromatic heterocycles. The molecule has 0 atom stereocenters. The Morgan fingerprint density at radius 3 is 2.62 bits per heavy atom. The van der Waals surface area contributed by atoms with Crippen molar-refractivity contribution in [3.63, 3.8) is 0 Å². The van der Waals surface area contributed by atoms with Gasteiger partial charge in [0.25, 0.3) is 0 Å². The number of nitrogens with one attached hydrogen (secondary N) is 1. The van der Waals surface area contributed by atoms with Gasteiger partial charge >= 0.3 is 6.03 Å². The highest BCUT2D eigenvalue weighted by molar-refractivity contribution is 5.74. The Balaban J connectivity index is 1.46. The normalized spacial score (nSPS) is 14.0. The van der Waals surface area contributed by atoms with E-state index in [9.17, 15) is 9.18 Å². The molecule has 0 saturated carbocycles. The molecule has 0 radical (unpaired) electrons. The summed E-state index contributed by atoms with van der Waals surface area (Å²) in [6, 6.07) is 16.1. The Hall–Kier alpha value is -3.07. The summed E-state index contributed by atoms with van der Waals surface area (Å²) in [6.07, 6.45) is 0.472. The molecule has 0 unspecified atom stereocenters. The summed E-state index contributed by atoms with van der Waals surface area (Å²) < 4.78 is 13.6. The number of halogens is 1. The van der Waals surface area contributed by atoms with Gasteiger partial charge in [-0.1, -0.05) is 24.3 Å². The van der Waals surface area contributed by atoms with E-state index in [0.717, 1.165) is 18.8 Å². The smallest absolute Gasteiger partial charge is 0.317 e. The molecule has 6 heteroatoms. The number of amides is 2. The van der Waals surface area contributed by atoms with Crippen molar-refractivity contribution in [1.82, 2.24) is 10.2 Å². The molecule has 2 aromatic rings. The summed E-state index contributed by atoms with van der Waals surface area (Å²) in [4.78, 5) is 16.2. The predicted molar refractivity (Wildman–Crippen MR) is 98.4 cm³/mol. The average Bonchev–Trinajstić information content (AvgIpc) is 2.69. The van der Waals surface area contributed by atoms with E-state index in [2.05, 4.69) is 16.3 Å². The first-order valence-corrected chi connectivity index (χ1v) is 8.68. The SMILES string of the molecule is N#Cc1cccc(N2CCN(C(=O)NCCc3ccccc3F)CC2)c1. The number of hydrogen-bond donors (Lipinski definition) is 1. The largest absolute Gasteiger partial charge is 0.368 e. The van der Waals surface area contributed by atoms with Crippen LogP contribution >= 0.6 is 0 Å². The van der Waals surface area contributed by atoms with Crippen LogP contribution in [0.25, 0.3) is 0 Å². The molecule has 3 rings (SSSR count). The number of benzene rings is 2. The van der Waals surface area contributed by atoms with Crippen LogP contribution in [0.1, 0.15) is 11.1 Å². The molecule has 1 fully saturated rings. The Morgan fingerprint density at radius 1 is 1.12 bits per heavy atom. The van der Waals surface area contributed by atoms with Crippen molar-refractivity contribution in [2.45, 2.75) is 6.42 Å². The van der Waals surface area contributed by atoms with Crippen LogP contribution in [0.15, 0.2) is 48.5 Å². The van der Waals surface area contributed by atoms with E-state index in [-0.39, 0.29) is 11.8 Å². The predicted octanol–water partition coefficient (Wildman–Crippen LogP) is 2.77. The van der Waals surface area contributed by atoms with Crippen molar-refractivity contribution >= 4 is 11.7 Å². The van der Waals surface area contributed by atoms with Gasteiger partial charge in [0.15, 0.2) is 0 Å².